The highest BCUT2D eigenvalue weighted by Gasteiger charge is 2.11. The number of aliphatic hydroxyl groups excluding tert-OH is 1. The molecule has 1 atom stereocenters. The minimum Gasteiger partial charge on any atom is -0.387 e. The largest absolute Gasteiger partial charge is 0.387 e. The van der Waals surface area contributed by atoms with Gasteiger partial charge in [-0.05, 0) is 36.2 Å². The van der Waals surface area contributed by atoms with Gasteiger partial charge in [-0.3, -0.25) is 0 Å². The van der Waals surface area contributed by atoms with Crippen molar-refractivity contribution in [1.29, 1.82) is 0 Å². The second-order valence-electron chi connectivity index (χ2n) is 4.53. The van der Waals surface area contributed by atoms with Gasteiger partial charge in [-0.1, -0.05) is 12.1 Å². The summed E-state index contributed by atoms with van der Waals surface area (Å²) in [4.78, 5) is 0. The Hall–Kier alpha value is -2.01. The van der Waals surface area contributed by atoms with Crippen molar-refractivity contribution in [1.82, 2.24) is 0 Å². The fraction of sp³-hybridized carbons (Fsp3) is 0.200. The van der Waals surface area contributed by atoms with Crippen LogP contribution in [0, 0.1) is 24.4 Å². The number of rotatable bonds is 4. The van der Waals surface area contributed by atoms with E-state index in [2.05, 4.69) is 5.32 Å². The van der Waals surface area contributed by atoms with E-state index in [0.717, 1.165) is 12.1 Å². The minimum atomic E-state index is -0.945. The molecule has 0 saturated heterocycles. The summed E-state index contributed by atoms with van der Waals surface area (Å²) >= 11 is 0. The van der Waals surface area contributed by atoms with Crippen molar-refractivity contribution >= 4 is 5.69 Å². The zero-order valence-corrected chi connectivity index (χ0v) is 10.8. The van der Waals surface area contributed by atoms with E-state index in [9.17, 15) is 18.3 Å². The Morgan fingerprint density at radius 3 is 2.35 bits per heavy atom. The second kappa shape index (κ2) is 5.96. The SMILES string of the molecule is Cc1cc(F)c(NCC(O)c2ccc(F)cc2)cc1F. The van der Waals surface area contributed by atoms with Crippen molar-refractivity contribution < 1.29 is 18.3 Å². The molecule has 0 radical (unpaired) electrons. The average Bonchev–Trinajstić information content (AvgIpc) is 2.42. The molecule has 0 heterocycles. The topological polar surface area (TPSA) is 32.3 Å². The van der Waals surface area contributed by atoms with Gasteiger partial charge in [0.2, 0.25) is 0 Å². The van der Waals surface area contributed by atoms with Crippen molar-refractivity contribution in [3.8, 4) is 0 Å². The van der Waals surface area contributed by atoms with Gasteiger partial charge in [-0.25, -0.2) is 13.2 Å². The lowest BCUT2D eigenvalue weighted by atomic mass is 10.1. The molecule has 2 aromatic rings. The summed E-state index contributed by atoms with van der Waals surface area (Å²) in [7, 11) is 0. The first-order chi connectivity index (χ1) is 9.47. The van der Waals surface area contributed by atoms with Gasteiger partial charge in [-0.15, -0.1) is 0 Å². The molecule has 2 N–H and O–H groups in total. The third-order valence-corrected chi connectivity index (χ3v) is 2.99. The maximum atomic E-state index is 13.6. The monoisotopic (exact) mass is 281 g/mol. The second-order valence-corrected chi connectivity index (χ2v) is 4.53. The molecule has 0 bridgehead atoms. The van der Waals surface area contributed by atoms with Crippen LogP contribution < -0.4 is 5.32 Å². The summed E-state index contributed by atoms with van der Waals surface area (Å²) in [6, 6.07) is 7.46. The first-order valence-corrected chi connectivity index (χ1v) is 6.10. The third-order valence-electron chi connectivity index (χ3n) is 2.99. The van der Waals surface area contributed by atoms with Crippen LogP contribution in [-0.4, -0.2) is 11.7 Å². The summed E-state index contributed by atoms with van der Waals surface area (Å²) in [5.41, 5.74) is 0.688. The van der Waals surface area contributed by atoms with Crippen LogP contribution in [0.25, 0.3) is 0 Å². The summed E-state index contributed by atoms with van der Waals surface area (Å²) in [5, 5.41) is 12.5. The van der Waals surface area contributed by atoms with E-state index in [-0.39, 0.29) is 17.8 Å². The molecular weight excluding hydrogens is 267 g/mol. The molecule has 0 aliphatic carbocycles. The van der Waals surface area contributed by atoms with Crippen LogP contribution in [0.4, 0.5) is 18.9 Å². The van der Waals surface area contributed by atoms with Gasteiger partial charge >= 0.3 is 0 Å². The van der Waals surface area contributed by atoms with Crippen LogP contribution in [0.3, 0.4) is 0 Å². The molecule has 5 heteroatoms. The number of halogens is 3. The summed E-state index contributed by atoms with van der Waals surface area (Å²) < 4.78 is 39.7. The fourth-order valence-electron chi connectivity index (χ4n) is 1.79. The van der Waals surface area contributed by atoms with Crippen LogP contribution in [0.5, 0.6) is 0 Å². The standard InChI is InChI=1S/C15H14F3NO/c1-9-6-13(18)14(7-12(9)17)19-8-15(20)10-2-4-11(16)5-3-10/h2-7,15,19-20H,8H2,1H3. The number of aliphatic hydroxyl groups is 1. The quantitative estimate of drug-likeness (QED) is 0.898. The molecule has 0 aliphatic heterocycles. The zero-order valence-electron chi connectivity index (χ0n) is 10.8. The molecule has 0 saturated carbocycles. The predicted molar refractivity (Wildman–Crippen MR) is 70.9 cm³/mol. The van der Waals surface area contributed by atoms with Gasteiger partial charge in [0.1, 0.15) is 17.5 Å². The van der Waals surface area contributed by atoms with E-state index in [0.29, 0.717) is 5.56 Å². The number of aryl methyl sites for hydroxylation is 1. The van der Waals surface area contributed by atoms with Crippen molar-refractivity contribution in [3.05, 3.63) is 65.0 Å². The van der Waals surface area contributed by atoms with Crippen LogP contribution in [-0.2, 0) is 0 Å². The molecular formula is C15H14F3NO. The number of anilines is 1. The Morgan fingerprint density at radius 1 is 1.05 bits per heavy atom. The maximum absolute atomic E-state index is 13.6. The minimum absolute atomic E-state index is 0.00888. The molecule has 2 aromatic carbocycles. The molecule has 2 rings (SSSR count). The van der Waals surface area contributed by atoms with Crippen LogP contribution in [0.2, 0.25) is 0 Å². The molecule has 2 nitrogen and oxygen atoms in total. The smallest absolute Gasteiger partial charge is 0.146 e. The van der Waals surface area contributed by atoms with Crippen molar-refractivity contribution in [2.24, 2.45) is 0 Å². The normalized spacial score (nSPS) is 12.2. The number of nitrogens with one attached hydrogen (secondary N) is 1. The Morgan fingerprint density at radius 2 is 1.70 bits per heavy atom. The lowest BCUT2D eigenvalue weighted by Crippen LogP contribution is -2.13. The van der Waals surface area contributed by atoms with E-state index in [1.54, 1.807) is 0 Å². The maximum Gasteiger partial charge on any atom is 0.146 e. The first kappa shape index (κ1) is 14.4. The van der Waals surface area contributed by atoms with Gasteiger partial charge in [0, 0.05) is 12.6 Å². The highest BCUT2D eigenvalue weighted by Crippen LogP contribution is 2.20. The molecule has 0 aliphatic rings. The van der Waals surface area contributed by atoms with E-state index in [1.807, 2.05) is 0 Å². The van der Waals surface area contributed by atoms with Gasteiger partial charge in [0.05, 0.1) is 11.8 Å². The van der Waals surface area contributed by atoms with Crippen LogP contribution >= 0.6 is 0 Å². The Bertz CT molecular complexity index is 599. The van der Waals surface area contributed by atoms with Crippen LogP contribution in [0.1, 0.15) is 17.2 Å². The van der Waals surface area contributed by atoms with Crippen molar-refractivity contribution in [2.45, 2.75) is 13.0 Å². The summed E-state index contributed by atoms with van der Waals surface area (Å²) in [5.74, 6) is -1.51. The highest BCUT2D eigenvalue weighted by molar-refractivity contribution is 5.47. The summed E-state index contributed by atoms with van der Waals surface area (Å²) in [6.07, 6.45) is -0.945. The third kappa shape index (κ3) is 3.30. The van der Waals surface area contributed by atoms with Gasteiger partial charge in [-0.2, -0.15) is 0 Å². The Balaban J connectivity index is 2.05. The number of hydrogen-bond acceptors (Lipinski definition) is 2. The van der Waals surface area contributed by atoms with E-state index >= 15 is 0 Å². The highest BCUT2D eigenvalue weighted by atomic mass is 19.1. The van der Waals surface area contributed by atoms with E-state index in [1.165, 1.54) is 31.2 Å². The molecule has 106 valence electrons. The van der Waals surface area contributed by atoms with Crippen molar-refractivity contribution in [3.63, 3.8) is 0 Å². The molecule has 0 aromatic heterocycles. The van der Waals surface area contributed by atoms with Gasteiger partial charge < -0.3 is 10.4 Å². The number of hydrogen-bond donors (Lipinski definition) is 2. The molecule has 1 unspecified atom stereocenters. The molecule has 0 fully saturated rings. The van der Waals surface area contributed by atoms with Gasteiger partial charge in [0.15, 0.2) is 0 Å². The fourth-order valence-corrected chi connectivity index (χ4v) is 1.79. The van der Waals surface area contributed by atoms with E-state index < -0.39 is 23.6 Å². The molecule has 0 spiro atoms. The van der Waals surface area contributed by atoms with Crippen molar-refractivity contribution in [2.75, 3.05) is 11.9 Å². The lowest BCUT2D eigenvalue weighted by Gasteiger charge is -2.14. The Kier molecular flexibility index (Phi) is 4.29. The number of benzene rings is 2. The Labute approximate surface area is 114 Å². The molecule has 20 heavy (non-hydrogen) atoms. The molecule has 0 amide bonds. The zero-order chi connectivity index (χ0) is 14.7. The predicted octanol–water partition coefficient (Wildman–Crippen LogP) is 3.56. The lowest BCUT2D eigenvalue weighted by molar-refractivity contribution is 0.191. The summed E-state index contributed by atoms with van der Waals surface area (Å²) in [6.45, 7) is 1.46. The van der Waals surface area contributed by atoms with Gasteiger partial charge in [0.25, 0.3) is 0 Å². The van der Waals surface area contributed by atoms with Crippen LogP contribution in [0.15, 0.2) is 36.4 Å². The van der Waals surface area contributed by atoms with E-state index in [4.69, 9.17) is 0 Å². The average molecular weight is 281 g/mol. The first-order valence-electron chi connectivity index (χ1n) is 6.10.